The Hall–Kier alpha value is -2.94. The number of hydrogen-bond acceptors (Lipinski definition) is 4. The van der Waals surface area contributed by atoms with Crippen LogP contribution in [-0.4, -0.2) is 41.8 Å². The molecule has 1 fully saturated rings. The molecule has 1 atom stereocenters. The molecule has 5 rings (SSSR count). The Morgan fingerprint density at radius 1 is 0.935 bits per heavy atom. The number of benzene rings is 2. The summed E-state index contributed by atoms with van der Waals surface area (Å²) in [4.78, 5) is 14.3. The topological polar surface area (TPSA) is 61.0 Å². The zero-order valence-corrected chi connectivity index (χ0v) is 16.9. The summed E-state index contributed by atoms with van der Waals surface area (Å²) in [7, 11) is 2.14. The molecule has 0 saturated carbocycles. The van der Waals surface area contributed by atoms with Gasteiger partial charge < -0.3 is 10.2 Å². The summed E-state index contributed by atoms with van der Waals surface area (Å²) in [6.07, 6.45) is 2.25. The molecule has 0 bridgehead atoms. The van der Waals surface area contributed by atoms with E-state index in [4.69, 9.17) is 0 Å². The molecule has 3 aromatic rings. The molecule has 9 heteroatoms. The number of H-pyrrole nitrogens is 1. The second kappa shape index (κ2) is 8.66. The highest BCUT2D eigenvalue weighted by atomic mass is 19.1. The van der Waals surface area contributed by atoms with E-state index in [1.807, 2.05) is 0 Å². The first kappa shape index (κ1) is 21.3. The largest absolute Gasteiger partial charge is 0.384 e. The molecular weight excluding hydrogens is 412 g/mol. The van der Waals surface area contributed by atoms with E-state index in [2.05, 4.69) is 27.5 Å². The summed E-state index contributed by atoms with van der Waals surface area (Å²) >= 11 is 0. The van der Waals surface area contributed by atoms with Crippen molar-refractivity contribution >= 4 is 16.5 Å². The minimum atomic E-state index is -0.896. The van der Waals surface area contributed by atoms with E-state index in [0.717, 1.165) is 43.6 Å². The molecule has 2 aliphatic rings. The first-order valence-electron chi connectivity index (χ1n) is 10.1. The van der Waals surface area contributed by atoms with Crippen LogP contribution in [0.4, 0.5) is 23.2 Å². The van der Waals surface area contributed by atoms with Crippen LogP contribution in [0.1, 0.15) is 24.5 Å². The van der Waals surface area contributed by atoms with E-state index < -0.39 is 23.3 Å². The number of likely N-dealkylation sites (tertiary alicyclic amines) is 1. The Labute approximate surface area is 176 Å². The van der Waals surface area contributed by atoms with Gasteiger partial charge in [-0.05, 0) is 51.0 Å². The first-order chi connectivity index (χ1) is 14.8. The molecular formula is C22H22F4N4O. The van der Waals surface area contributed by atoms with Gasteiger partial charge in [0, 0.05) is 41.7 Å². The van der Waals surface area contributed by atoms with Crippen molar-refractivity contribution in [2.45, 2.75) is 18.8 Å². The third-order valence-corrected chi connectivity index (χ3v) is 5.91. The van der Waals surface area contributed by atoms with Crippen LogP contribution in [0.25, 0.3) is 10.8 Å². The molecule has 1 saturated heterocycles. The molecule has 0 radical (unpaired) electrons. The second-order valence-corrected chi connectivity index (χ2v) is 8.03. The minimum Gasteiger partial charge on any atom is -0.384 e. The number of halogens is 4. The van der Waals surface area contributed by atoms with Gasteiger partial charge in [0.15, 0.2) is 0 Å². The number of anilines is 1. The zero-order chi connectivity index (χ0) is 22.1. The molecule has 2 aromatic carbocycles. The van der Waals surface area contributed by atoms with Crippen LogP contribution in [0.2, 0.25) is 0 Å². The number of piperidine rings is 1. The predicted octanol–water partition coefficient (Wildman–Crippen LogP) is 4.02. The summed E-state index contributed by atoms with van der Waals surface area (Å²) in [6.45, 7) is 2.92. The number of rotatable bonds is 1. The fourth-order valence-corrected chi connectivity index (χ4v) is 4.35. The molecule has 0 aliphatic carbocycles. The zero-order valence-electron chi connectivity index (χ0n) is 16.9. The second-order valence-electron chi connectivity index (χ2n) is 8.03. The molecule has 2 aliphatic heterocycles. The van der Waals surface area contributed by atoms with Crippen LogP contribution < -0.4 is 10.9 Å². The van der Waals surface area contributed by atoms with Gasteiger partial charge >= 0.3 is 0 Å². The lowest BCUT2D eigenvalue weighted by atomic mass is 9.79. The van der Waals surface area contributed by atoms with E-state index in [1.165, 1.54) is 12.1 Å². The quantitative estimate of drug-likeness (QED) is 0.568. The highest BCUT2D eigenvalue weighted by molar-refractivity contribution is 5.96. The van der Waals surface area contributed by atoms with Gasteiger partial charge in [0.2, 0.25) is 0 Å². The van der Waals surface area contributed by atoms with Crippen molar-refractivity contribution in [1.82, 2.24) is 15.1 Å². The Kier molecular flexibility index (Phi) is 5.95. The van der Waals surface area contributed by atoms with Gasteiger partial charge in [-0.25, -0.2) is 22.7 Å². The Morgan fingerprint density at radius 2 is 1.52 bits per heavy atom. The molecule has 0 amide bonds. The number of nitrogens with zero attached hydrogens (tertiary/aromatic N) is 2. The van der Waals surface area contributed by atoms with E-state index >= 15 is 0 Å². The van der Waals surface area contributed by atoms with Gasteiger partial charge in [0.1, 0.15) is 23.3 Å². The van der Waals surface area contributed by atoms with Gasteiger partial charge in [0.25, 0.3) is 5.56 Å². The lowest BCUT2D eigenvalue weighted by Gasteiger charge is -2.36. The van der Waals surface area contributed by atoms with Crippen molar-refractivity contribution in [2.24, 2.45) is 5.92 Å². The molecule has 2 N–H and O–H groups in total. The van der Waals surface area contributed by atoms with Crippen LogP contribution in [0, 0.1) is 29.2 Å². The van der Waals surface area contributed by atoms with Gasteiger partial charge in [-0.1, -0.05) is 0 Å². The normalized spacial score (nSPS) is 18.9. The van der Waals surface area contributed by atoms with Crippen LogP contribution >= 0.6 is 0 Å². The fourth-order valence-electron chi connectivity index (χ4n) is 4.35. The molecule has 31 heavy (non-hydrogen) atoms. The highest BCUT2D eigenvalue weighted by Gasteiger charge is 2.32. The lowest BCUT2D eigenvalue weighted by Crippen LogP contribution is -2.36. The van der Waals surface area contributed by atoms with Gasteiger partial charge in [-0.2, -0.15) is 5.10 Å². The summed E-state index contributed by atoms with van der Waals surface area (Å²) < 4.78 is 49.5. The van der Waals surface area contributed by atoms with Crippen molar-refractivity contribution in [3.63, 3.8) is 0 Å². The van der Waals surface area contributed by atoms with Gasteiger partial charge in [-0.15, -0.1) is 0 Å². The number of hydrogen-bond donors (Lipinski definition) is 2. The van der Waals surface area contributed by atoms with Crippen molar-refractivity contribution in [3.05, 3.63) is 69.6 Å². The number of nitrogens with one attached hydrogen (secondary N) is 2. The van der Waals surface area contributed by atoms with Crippen LogP contribution in [0.15, 0.2) is 35.1 Å². The van der Waals surface area contributed by atoms with E-state index in [0.29, 0.717) is 35.2 Å². The van der Waals surface area contributed by atoms with Gasteiger partial charge in [0.05, 0.1) is 11.1 Å². The monoisotopic (exact) mass is 434 g/mol. The average molecular weight is 434 g/mol. The van der Waals surface area contributed by atoms with Gasteiger partial charge in [-0.3, -0.25) is 4.79 Å². The minimum absolute atomic E-state index is 0.269. The van der Waals surface area contributed by atoms with E-state index in [9.17, 15) is 22.4 Å². The predicted molar refractivity (Wildman–Crippen MR) is 110 cm³/mol. The molecule has 5 nitrogen and oxygen atoms in total. The molecule has 3 heterocycles. The summed E-state index contributed by atoms with van der Waals surface area (Å²) in [5.41, 5.74) is 1.27. The third kappa shape index (κ3) is 4.56. The van der Waals surface area contributed by atoms with Crippen molar-refractivity contribution in [3.8, 4) is 0 Å². The number of aromatic nitrogens is 2. The first-order valence-corrected chi connectivity index (χ1v) is 10.1. The van der Waals surface area contributed by atoms with Crippen molar-refractivity contribution in [2.75, 3.05) is 32.0 Å². The Balaban J connectivity index is 0.000000217. The standard InChI is InChI=1S/C16H19FN4O.C6H3F3/c1-21-4-2-9(3-5-21)12-8-18-13-7-10(17)6-11-14(13)15(12)19-20-16(11)22;7-4-1-5(8)3-6(9)2-4/h6-7,9,12,18H,2-5,8H2,1H3,(H,20,22);1-3H. The van der Waals surface area contributed by atoms with Crippen molar-refractivity contribution in [1.29, 1.82) is 0 Å². The van der Waals surface area contributed by atoms with Crippen LogP contribution in [0.5, 0.6) is 0 Å². The Morgan fingerprint density at radius 3 is 2.13 bits per heavy atom. The SMILES string of the molecule is CN1CCC(C2CNc3cc(F)cc4c(=O)[nH]nc2c34)CC1.Fc1cc(F)cc(F)c1. The van der Waals surface area contributed by atoms with Crippen molar-refractivity contribution < 1.29 is 17.6 Å². The lowest BCUT2D eigenvalue weighted by molar-refractivity contribution is 0.199. The van der Waals surface area contributed by atoms with E-state index in [-0.39, 0.29) is 11.5 Å². The average Bonchev–Trinajstić information content (AvgIpc) is 2.70. The van der Waals surface area contributed by atoms with E-state index in [1.54, 1.807) is 0 Å². The maximum atomic E-state index is 13.7. The molecule has 164 valence electrons. The van der Waals surface area contributed by atoms with Crippen LogP contribution in [0.3, 0.4) is 0 Å². The third-order valence-electron chi connectivity index (χ3n) is 5.91. The number of aromatic amines is 1. The summed E-state index contributed by atoms with van der Waals surface area (Å²) in [6, 6.07) is 4.61. The highest BCUT2D eigenvalue weighted by Crippen LogP contribution is 2.40. The fraction of sp³-hybridized carbons (Fsp3) is 0.364. The molecule has 0 spiro atoms. The smallest absolute Gasteiger partial charge is 0.272 e. The molecule has 1 unspecified atom stereocenters. The molecule has 1 aromatic heterocycles. The maximum absolute atomic E-state index is 13.7. The maximum Gasteiger partial charge on any atom is 0.272 e. The summed E-state index contributed by atoms with van der Waals surface area (Å²) in [5, 5.41) is 11.4. The van der Waals surface area contributed by atoms with Crippen LogP contribution in [-0.2, 0) is 0 Å². The summed E-state index contributed by atoms with van der Waals surface area (Å²) in [5.74, 6) is -2.27. The Bertz CT molecular complexity index is 1110.